The van der Waals surface area contributed by atoms with E-state index in [1.807, 2.05) is 24.3 Å². The highest BCUT2D eigenvalue weighted by Gasteiger charge is 2.67. The largest absolute Gasteiger partial charge is 0.466 e. The maximum Gasteiger partial charge on any atom is 0.330 e. The zero-order valence-electron chi connectivity index (χ0n) is 17.1. The van der Waals surface area contributed by atoms with E-state index in [1.165, 1.54) is 25.4 Å². The van der Waals surface area contributed by atoms with Gasteiger partial charge in [-0.15, -0.1) is 0 Å². The van der Waals surface area contributed by atoms with Gasteiger partial charge in [0.25, 0.3) is 5.91 Å². The average molecular weight is 412 g/mol. The Labute approximate surface area is 174 Å². The number of rotatable bonds is 3. The minimum Gasteiger partial charge on any atom is -0.466 e. The monoisotopic (exact) mass is 412 g/mol. The highest BCUT2D eigenvalue weighted by Crippen LogP contribution is 2.57. The topological polar surface area (TPSA) is 97.7 Å². The molecule has 0 aromatic heterocycles. The summed E-state index contributed by atoms with van der Waals surface area (Å²) >= 11 is 0. The Morgan fingerprint density at radius 2 is 2.13 bits per heavy atom. The Morgan fingerprint density at radius 1 is 1.37 bits per heavy atom. The molecule has 4 aliphatic heterocycles. The highest BCUT2D eigenvalue weighted by molar-refractivity contribution is 6.09. The van der Waals surface area contributed by atoms with Gasteiger partial charge in [-0.3, -0.25) is 14.6 Å². The number of para-hydroxylation sites is 1. The van der Waals surface area contributed by atoms with Crippen molar-refractivity contribution in [3.05, 3.63) is 41.5 Å². The molecule has 0 radical (unpaired) electrons. The molecule has 1 aromatic rings. The van der Waals surface area contributed by atoms with Crippen LogP contribution in [0.25, 0.3) is 0 Å². The molecule has 3 fully saturated rings. The molecule has 4 bridgehead atoms. The highest BCUT2D eigenvalue weighted by atomic mass is 16.7. The van der Waals surface area contributed by atoms with E-state index in [-0.39, 0.29) is 23.8 Å². The second-order valence-corrected chi connectivity index (χ2v) is 8.34. The summed E-state index contributed by atoms with van der Waals surface area (Å²) in [5, 5.41) is 12.7. The summed E-state index contributed by atoms with van der Waals surface area (Å²) in [5.74, 6) is -1.05. The van der Waals surface area contributed by atoms with Crippen molar-refractivity contribution in [3.63, 3.8) is 0 Å². The molecule has 1 amide bonds. The number of aliphatic hydroxyl groups excluding tert-OH is 1. The summed E-state index contributed by atoms with van der Waals surface area (Å²) in [5.41, 5.74) is 1.79. The summed E-state index contributed by atoms with van der Waals surface area (Å²) in [6, 6.07) is 7.27. The van der Waals surface area contributed by atoms with Crippen LogP contribution >= 0.6 is 0 Å². The van der Waals surface area contributed by atoms with Crippen molar-refractivity contribution in [2.24, 2.45) is 16.8 Å². The first kappa shape index (κ1) is 19.4. The fraction of sp³-hybridized carbons (Fsp3) is 0.500. The Morgan fingerprint density at radius 3 is 2.87 bits per heavy atom. The number of methoxy groups -OCH3 is 1. The molecule has 1 spiro atoms. The lowest BCUT2D eigenvalue weighted by atomic mass is 9.70. The van der Waals surface area contributed by atoms with Crippen LogP contribution in [0.1, 0.15) is 18.9 Å². The molecule has 8 heteroatoms. The summed E-state index contributed by atoms with van der Waals surface area (Å²) < 4.78 is 10.9. The standard InChI is InChI=1S/C22H24N2O6/c1-11(8-16(25)28-2)18-17-12-10-30-20(19(17)26)22(9-14(12)23-18)13-6-4-5-7-15(13)24(29-3)21(22)27/h4-8,12,14,17,19-20,26H,9-10H2,1-3H3/b11-8-/t12-,14+,17-,19+,20-,22+/m1/s1. The van der Waals surface area contributed by atoms with Crippen LogP contribution in [0.2, 0.25) is 0 Å². The van der Waals surface area contributed by atoms with Crippen molar-refractivity contribution in [1.29, 1.82) is 0 Å². The van der Waals surface area contributed by atoms with Gasteiger partial charge < -0.3 is 14.6 Å². The number of benzene rings is 1. The number of carbonyl (C=O) groups is 2. The maximum absolute atomic E-state index is 13.6. The molecule has 6 rings (SSSR count). The SMILES string of the molecule is COC(=O)/C=C(/C)C1=N[C@H]2C[C@@]3(C(=O)N(OC)c4ccccc43)[C@@H]3OC[C@H]2[C@H]1[C@@H]3O. The first-order valence-corrected chi connectivity index (χ1v) is 10.1. The van der Waals surface area contributed by atoms with E-state index in [2.05, 4.69) is 0 Å². The van der Waals surface area contributed by atoms with Gasteiger partial charge >= 0.3 is 5.97 Å². The number of hydrogen-bond donors (Lipinski definition) is 1. The predicted molar refractivity (Wildman–Crippen MR) is 107 cm³/mol. The normalized spacial score (nSPS) is 36.7. The van der Waals surface area contributed by atoms with Crippen molar-refractivity contribution in [1.82, 2.24) is 0 Å². The Bertz CT molecular complexity index is 988. The summed E-state index contributed by atoms with van der Waals surface area (Å²) in [4.78, 5) is 35.6. The van der Waals surface area contributed by atoms with Gasteiger partial charge in [0, 0.05) is 23.6 Å². The van der Waals surface area contributed by atoms with Crippen LogP contribution in [-0.4, -0.2) is 61.8 Å². The molecular formula is C22H24N2O6. The van der Waals surface area contributed by atoms with Gasteiger partial charge in [-0.1, -0.05) is 18.2 Å². The fourth-order valence-electron chi connectivity index (χ4n) is 5.77. The third-order valence-corrected chi connectivity index (χ3v) is 7.03. The molecule has 2 saturated heterocycles. The molecule has 0 unspecified atom stereocenters. The number of hydrogen-bond acceptors (Lipinski definition) is 7. The van der Waals surface area contributed by atoms with E-state index in [1.54, 1.807) is 6.92 Å². The minimum absolute atomic E-state index is 0.0526. The molecule has 8 nitrogen and oxygen atoms in total. The predicted octanol–water partition coefficient (Wildman–Crippen LogP) is 1.17. The van der Waals surface area contributed by atoms with Crippen molar-refractivity contribution < 1.29 is 29.0 Å². The zero-order valence-corrected chi connectivity index (χ0v) is 17.1. The second-order valence-electron chi connectivity index (χ2n) is 8.34. The number of aliphatic imine (C=N–C) groups is 1. The quantitative estimate of drug-likeness (QED) is 0.591. The van der Waals surface area contributed by atoms with E-state index in [9.17, 15) is 14.7 Å². The first-order chi connectivity index (χ1) is 14.4. The number of nitrogens with zero attached hydrogens (tertiary/aromatic N) is 2. The number of hydroxylamine groups is 1. The van der Waals surface area contributed by atoms with Crippen molar-refractivity contribution >= 4 is 23.3 Å². The number of esters is 1. The van der Waals surface area contributed by atoms with Crippen LogP contribution in [0, 0.1) is 11.8 Å². The van der Waals surface area contributed by atoms with Crippen molar-refractivity contribution in [3.8, 4) is 0 Å². The third kappa shape index (κ3) is 2.35. The smallest absolute Gasteiger partial charge is 0.330 e. The van der Waals surface area contributed by atoms with Crippen molar-refractivity contribution in [2.75, 3.05) is 25.9 Å². The summed E-state index contributed by atoms with van der Waals surface area (Å²) in [6.07, 6.45) is 0.148. The molecule has 1 N–H and O–H groups in total. The lowest BCUT2D eigenvalue weighted by Crippen LogP contribution is -2.58. The van der Waals surface area contributed by atoms with Crippen LogP contribution in [0.5, 0.6) is 0 Å². The number of fused-ring (bicyclic) bond motifs is 2. The van der Waals surface area contributed by atoms with Gasteiger partial charge in [-0.2, -0.15) is 5.06 Å². The minimum atomic E-state index is -1.06. The van der Waals surface area contributed by atoms with E-state index < -0.39 is 23.6 Å². The Balaban J connectivity index is 1.64. The number of aliphatic hydroxyl groups is 1. The summed E-state index contributed by atoms with van der Waals surface area (Å²) in [6.45, 7) is 2.20. The molecule has 6 atom stereocenters. The number of amides is 1. The number of allylic oxidation sites excluding steroid dienone is 1. The van der Waals surface area contributed by atoms with Crippen LogP contribution < -0.4 is 5.06 Å². The average Bonchev–Trinajstić information content (AvgIpc) is 3.13. The molecule has 5 aliphatic rings. The zero-order chi connectivity index (χ0) is 21.2. The van der Waals surface area contributed by atoms with Gasteiger partial charge in [-0.05, 0) is 30.5 Å². The van der Waals surface area contributed by atoms with Gasteiger partial charge in [0.1, 0.15) is 11.5 Å². The van der Waals surface area contributed by atoms with Gasteiger partial charge in [0.2, 0.25) is 0 Å². The van der Waals surface area contributed by atoms with Crippen LogP contribution in [0.3, 0.4) is 0 Å². The van der Waals surface area contributed by atoms with Crippen LogP contribution in [-0.2, 0) is 29.3 Å². The van der Waals surface area contributed by atoms with Gasteiger partial charge in [-0.25, -0.2) is 4.79 Å². The van der Waals surface area contributed by atoms with E-state index in [0.717, 1.165) is 5.56 Å². The molecule has 1 saturated carbocycles. The maximum atomic E-state index is 13.6. The van der Waals surface area contributed by atoms with E-state index in [0.29, 0.717) is 30.0 Å². The van der Waals surface area contributed by atoms with E-state index >= 15 is 0 Å². The fourth-order valence-corrected chi connectivity index (χ4v) is 5.77. The van der Waals surface area contributed by atoms with Crippen LogP contribution in [0.4, 0.5) is 5.69 Å². The number of ether oxygens (including phenoxy) is 2. The second kappa shape index (κ2) is 6.73. The van der Waals surface area contributed by atoms with Gasteiger partial charge in [0.15, 0.2) is 0 Å². The molecule has 158 valence electrons. The molecule has 4 heterocycles. The van der Waals surface area contributed by atoms with E-state index in [4.69, 9.17) is 19.3 Å². The lowest BCUT2D eigenvalue weighted by molar-refractivity contribution is -0.152. The molecule has 30 heavy (non-hydrogen) atoms. The molecule has 1 aliphatic carbocycles. The van der Waals surface area contributed by atoms with Crippen LogP contribution in [0.15, 0.2) is 40.9 Å². The lowest BCUT2D eigenvalue weighted by Gasteiger charge is -2.42. The van der Waals surface area contributed by atoms with Gasteiger partial charge in [0.05, 0.1) is 38.7 Å². The number of anilines is 1. The van der Waals surface area contributed by atoms with Crippen molar-refractivity contribution in [2.45, 2.75) is 37.0 Å². The Kier molecular flexibility index (Phi) is 4.36. The third-order valence-electron chi connectivity index (χ3n) is 7.03. The molecular weight excluding hydrogens is 388 g/mol. The first-order valence-electron chi connectivity index (χ1n) is 10.1. The number of carbonyl (C=O) groups excluding carboxylic acids is 2. The molecule has 1 aromatic carbocycles. The Hall–Kier alpha value is -2.55. The summed E-state index contributed by atoms with van der Waals surface area (Å²) in [7, 11) is 2.79.